The number of H-pyrrole nitrogens is 1. The number of carbonyl (C=O) groups excluding carboxylic acids is 2. The molecular weight excluding hydrogens is 497 g/mol. The number of carbonyl (C=O) groups is 2. The fourth-order valence-corrected chi connectivity index (χ4v) is 3.23. The van der Waals surface area contributed by atoms with Gasteiger partial charge in [0.05, 0.1) is 19.5 Å². The average molecular weight is 522 g/mol. The lowest BCUT2D eigenvalue weighted by Crippen LogP contribution is -2.39. The summed E-state index contributed by atoms with van der Waals surface area (Å²) < 4.78 is 54.0. The standard InChI is InChI=1S/C19H25F3N6O8/c1-8(2)14(31)26-18-25-13-10(15(32)27-18)24-6-28(13)16-12(11(30)9(5-29)36-16)35-7-34-4-3-23-17(33)19(20,21)22/h6,8-9,11-12,16,29-30H,3-5,7H2,1-2H3,(H,23,33)(H2,25,26,27,31,32)/t9-,11+,12-,16-/m1/s1. The highest BCUT2D eigenvalue weighted by Crippen LogP contribution is 2.33. The van der Waals surface area contributed by atoms with E-state index in [0.717, 1.165) is 0 Å². The summed E-state index contributed by atoms with van der Waals surface area (Å²) in [5.41, 5.74) is -0.770. The van der Waals surface area contributed by atoms with E-state index in [1.807, 2.05) is 0 Å². The van der Waals surface area contributed by atoms with Gasteiger partial charge >= 0.3 is 12.1 Å². The third-order valence-corrected chi connectivity index (χ3v) is 5.10. The van der Waals surface area contributed by atoms with Crippen molar-refractivity contribution in [3.8, 4) is 0 Å². The Morgan fingerprint density at radius 1 is 1.36 bits per heavy atom. The number of aliphatic hydroxyl groups excluding tert-OH is 2. The maximum Gasteiger partial charge on any atom is 0.471 e. The molecule has 0 saturated carbocycles. The molecule has 1 saturated heterocycles. The van der Waals surface area contributed by atoms with Crippen LogP contribution in [0.3, 0.4) is 0 Å². The number of aromatic amines is 1. The lowest BCUT2D eigenvalue weighted by Gasteiger charge is -2.22. The highest BCUT2D eigenvalue weighted by Gasteiger charge is 2.46. The quantitative estimate of drug-likeness (QED) is 0.191. The molecule has 4 atom stereocenters. The van der Waals surface area contributed by atoms with E-state index in [9.17, 15) is 37.8 Å². The van der Waals surface area contributed by atoms with Gasteiger partial charge in [-0.25, -0.2) is 4.98 Å². The number of nitrogens with zero attached hydrogens (tertiary/aromatic N) is 3. The SMILES string of the molecule is CC(C)C(=O)Nc1nc2c(ncn2[C@@H]2O[C@H](CO)[C@H](O)[C@H]2OCOCCNC(=O)C(F)(F)F)c(=O)[nH]1. The molecule has 5 N–H and O–H groups in total. The molecule has 0 aliphatic carbocycles. The van der Waals surface area contributed by atoms with E-state index in [-0.39, 0.29) is 23.7 Å². The molecule has 3 rings (SSSR count). The second-order valence-corrected chi connectivity index (χ2v) is 8.03. The van der Waals surface area contributed by atoms with Crippen LogP contribution in [0.1, 0.15) is 20.1 Å². The van der Waals surface area contributed by atoms with Crippen molar-refractivity contribution in [1.82, 2.24) is 24.8 Å². The predicted molar refractivity (Wildman–Crippen MR) is 113 cm³/mol. The summed E-state index contributed by atoms with van der Waals surface area (Å²) in [7, 11) is 0. The minimum absolute atomic E-state index is 0.0158. The number of alkyl halides is 3. The fraction of sp³-hybridized carbons (Fsp3) is 0.632. The van der Waals surface area contributed by atoms with E-state index in [4.69, 9.17) is 14.2 Å². The number of amides is 2. The molecule has 1 fully saturated rings. The highest BCUT2D eigenvalue weighted by molar-refractivity contribution is 5.91. The van der Waals surface area contributed by atoms with Gasteiger partial charge in [-0.1, -0.05) is 13.8 Å². The Balaban J connectivity index is 1.73. The van der Waals surface area contributed by atoms with Crippen LogP contribution in [0.2, 0.25) is 0 Å². The minimum Gasteiger partial charge on any atom is -0.394 e. The van der Waals surface area contributed by atoms with Gasteiger partial charge in [0, 0.05) is 12.5 Å². The number of rotatable bonds is 10. The number of hydrogen-bond acceptors (Lipinski definition) is 10. The van der Waals surface area contributed by atoms with Crippen molar-refractivity contribution in [2.24, 2.45) is 5.92 Å². The average Bonchev–Trinajstić information content (AvgIpc) is 3.36. The molecule has 14 nitrogen and oxygen atoms in total. The zero-order chi connectivity index (χ0) is 26.6. The zero-order valence-corrected chi connectivity index (χ0v) is 19.1. The molecule has 1 aliphatic heterocycles. The normalized spacial score (nSPS) is 22.3. The molecule has 0 radical (unpaired) electrons. The van der Waals surface area contributed by atoms with Gasteiger partial charge < -0.3 is 29.7 Å². The van der Waals surface area contributed by atoms with Crippen molar-refractivity contribution >= 4 is 28.9 Å². The van der Waals surface area contributed by atoms with Gasteiger partial charge in [0.1, 0.15) is 25.1 Å². The number of ether oxygens (including phenoxy) is 3. The summed E-state index contributed by atoms with van der Waals surface area (Å²) in [6, 6.07) is 0. The fourth-order valence-electron chi connectivity index (χ4n) is 3.23. The van der Waals surface area contributed by atoms with Crippen LogP contribution in [0.4, 0.5) is 19.1 Å². The third-order valence-electron chi connectivity index (χ3n) is 5.10. The first-order chi connectivity index (χ1) is 16.9. The Morgan fingerprint density at radius 2 is 2.08 bits per heavy atom. The van der Waals surface area contributed by atoms with Gasteiger partial charge in [-0.2, -0.15) is 18.2 Å². The molecule has 36 heavy (non-hydrogen) atoms. The second-order valence-electron chi connectivity index (χ2n) is 8.03. The third kappa shape index (κ3) is 6.16. The van der Waals surface area contributed by atoms with Crippen molar-refractivity contribution in [1.29, 1.82) is 0 Å². The van der Waals surface area contributed by atoms with Crippen LogP contribution in [0.25, 0.3) is 11.2 Å². The molecule has 2 aromatic rings. The lowest BCUT2D eigenvalue weighted by molar-refractivity contribution is -0.174. The van der Waals surface area contributed by atoms with Crippen molar-refractivity contribution < 1.29 is 47.2 Å². The van der Waals surface area contributed by atoms with E-state index in [1.54, 1.807) is 19.2 Å². The van der Waals surface area contributed by atoms with E-state index >= 15 is 0 Å². The number of imidazole rings is 1. The number of fused-ring (bicyclic) bond motifs is 1. The summed E-state index contributed by atoms with van der Waals surface area (Å²) in [6.07, 6.45) is -8.62. The molecule has 0 aromatic carbocycles. The van der Waals surface area contributed by atoms with Crippen LogP contribution in [0, 0.1) is 5.92 Å². The summed E-state index contributed by atoms with van der Waals surface area (Å²) in [5.74, 6) is -3.06. The molecule has 0 spiro atoms. The summed E-state index contributed by atoms with van der Waals surface area (Å²) >= 11 is 0. The minimum atomic E-state index is -5.02. The molecule has 200 valence electrons. The molecule has 1 aliphatic rings. The van der Waals surface area contributed by atoms with E-state index in [0.29, 0.717) is 0 Å². The first-order valence-electron chi connectivity index (χ1n) is 10.7. The summed E-state index contributed by atoms with van der Waals surface area (Å²) in [5, 5.41) is 24.1. The highest BCUT2D eigenvalue weighted by atomic mass is 19.4. The summed E-state index contributed by atoms with van der Waals surface area (Å²) in [6.45, 7) is 1.41. The molecule has 0 unspecified atom stereocenters. The Bertz CT molecular complexity index is 1140. The maximum absolute atomic E-state index is 12.4. The van der Waals surface area contributed by atoms with Crippen LogP contribution >= 0.6 is 0 Å². The maximum atomic E-state index is 12.4. The van der Waals surface area contributed by atoms with Gasteiger partial charge in [-0.15, -0.1) is 0 Å². The van der Waals surface area contributed by atoms with E-state index < -0.39 is 74.0 Å². The Labute approximate surface area is 200 Å². The van der Waals surface area contributed by atoms with Gasteiger partial charge in [0.15, 0.2) is 17.4 Å². The summed E-state index contributed by atoms with van der Waals surface area (Å²) in [4.78, 5) is 45.8. The topological polar surface area (TPSA) is 190 Å². The van der Waals surface area contributed by atoms with Gasteiger partial charge in [-0.05, 0) is 0 Å². The smallest absolute Gasteiger partial charge is 0.394 e. The molecule has 2 aromatic heterocycles. The lowest BCUT2D eigenvalue weighted by atomic mass is 10.1. The number of halogens is 3. The molecule has 0 bridgehead atoms. The van der Waals surface area contributed by atoms with Crippen molar-refractivity contribution in [2.45, 2.75) is 44.6 Å². The number of hydrogen-bond donors (Lipinski definition) is 5. The Kier molecular flexibility index (Phi) is 8.62. The van der Waals surface area contributed by atoms with Crippen molar-refractivity contribution in [2.75, 3.05) is 31.9 Å². The van der Waals surface area contributed by atoms with E-state index in [2.05, 4.69) is 20.3 Å². The zero-order valence-electron chi connectivity index (χ0n) is 19.1. The number of anilines is 1. The Morgan fingerprint density at radius 3 is 2.72 bits per heavy atom. The number of aliphatic hydroxyl groups is 2. The van der Waals surface area contributed by atoms with Crippen LogP contribution in [0.5, 0.6) is 0 Å². The number of nitrogens with one attached hydrogen (secondary N) is 3. The second kappa shape index (κ2) is 11.3. The van der Waals surface area contributed by atoms with Crippen LogP contribution in [0.15, 0.2) is 11.1 Å². The predicted octanol–water partition coefficient (Wildman–Crippen LogP) is -0.997. The molecule has 3 heterocycles. The van der Waals surface area contributed by atoms with Gasteiger partial charge in [-0.3, -0.25) is 29.3 Å². The van der Waals surface area contributed by atoms with Crippen LogP contribution in [-0.2, 0) is 23.8 Å². The molecule has 2 amide bonds. The first kappa shape index (κ1) is 27.5. The first-order valence-corrected chi connectivity index (χ1v) is 10.7. The largest absolute Gasteiger partial charge is 0.471 e. The van der Waals surface area contributed by atoms with Gasteiger partial charge in [0.2, 0.25) is 11.9 Å². The van der Waals surface area contributed by atoms with Gasteiger partial charge in [0.25, 0.3) is 5.56 Å². The number of aromatic nitrogens is 4. The van der Waals surface area contributed by atoms with E-state index in [1.165, 1.54) is 10.9 Å². The van der Waals surface area contributed by atoms with Crippen LogP contribution in [-0.4, -0.2) is 92.6 Å². The molecule has 17 heteroatoms. The monoisotopic (exact) mass is 522 g/mol. The van der Waals surface area contributed by atoms with Crippen LogP contribution < -0.4 is 16.2 Å². The van der Waals surface area contributed by atoms with Crippen molar-refractivity contribution in [3.05, 3.63) is 16.7 Å². The Hall–Kier alpha value is -3.12. The molecular formula is C19H25F3N6O8. The van der Waals surface area contributed by atoms with Crippen molar-refractivity contribution in [3.63, 3.8) is 0 Å².